The highest BCUT2D eigenvalue weighted by atomic mass is 16.2. The highest BCUT2D eigenvalue weighted by Gasteiger charge is 2.25. The summed E-state index contributed by atoms with van der Waals surface area (Å²) in [6, 6.07) is 7.66. The van der Waals surface area contributed by atoms with Gasteiger partial charge in [-0.1, -0.05) is 17.7 Å². The quantitative estimate of drug-likeness (QED) is 0.863. The van der Waals surface area contributed by atoms with Crippen molar-refractivity contribution in [2.75, 3.05) is 13.1 Å². The fraction of sp³-hybridized carbons (Fsp3) is 0.450. The maximum Gasteiger partial charge on any atom is 0.256 e. The number of carbonyl (C=O) groups excluding carboxylic acids is 1. The molecule has 25 heavy (non-hydrogen) atoms. The van der Waals surface area contributed by atoms with Gasteiger partial charge in [0.05, 0.1) is 12.0 Å². The summed E-state index contributed by atoms with van der Waals surface area (Å²) >= 11 is 0. The maximum atomic E-state index is 12.7. The molecular formula is C20H23N3O2. The monoisotopic (exact) mass is 337 g/mol. The van der Waals surface area contributed by atoms with Crippen molar-refractivity contribution in [3.8, 4) is 0 Å². The lowest BCUT2D eigenvalue weighted by Crippen LogP contribution is -2.33. The van der Waals surface area contributed by atoms with Gasteiger partial charge in [-0.25, -0.2) is 4.98 Å². The number of carbonyl (C=O) groups is 1. The van der Waals surface area contributed by atoms with Crippen LogP contribution in [0.25, 0.3) is 0 Å². The Hall–Kier alpha value is -2.43. The SMILES string of the molecule is Cc1ccc(C(=O)N2CCc3ncn(CC4CC4)c(=O)c3CC2)cc1. The summed E-state index contributed by atoms with van der Waals surface area (Å²) in [6.07, 6.45) is 5.35. The summed E-state index contributed by atoms with van der Waals surface area (Å²) in [4.78, 5) is 31.8. The van der Waals surface area contributed by atoms with E-state index in [9.17, 15) is 9.59 Å². The predicted octanol–water partition coefficient (Wildman–Crippen LogP) is 2.20. The molecule has 1 aromatic carbocycles. The molecule has 0 bridgehead atoms. The van der Waals surface area contributed by atoms with Gasteiger partial charge in [-0.05, 0) is 44.2 Å². The normalized spacial score (nSPS) is 17.1. The Labute approximate surface area is 147 Å². The van der Waals surface area contributed by atoms with Crippen molar-refractivity contribution >= 4 is 5.91 Å². The molecule has 1 fully saturated rings. The lowest BCUT2D eigenvalue weighted by molar-refractivity contribution is 0.0763. The summed E-state index contributed by atoms with van der Waals surface area (Å²) in [5.41, 5.74) is 3.58. The van der Waals surface area contributed by atoms with Crippen LogP contribution in [-0.2, 0) is 19.4 Å². The Kier molecular flexibility index (Phi) is 4.15. The van der Waals surface area contributed by atoms with Crippen LogP contribution in [0.4, 0.5) is 0 Å². The van der Waals surface area contributed by atoms with Crippen LogP contribution in [-0.4, -0.2) is 33.4 Å². The van der Waals surface area contributed by atoms with Crippen LogP contribution >= 0.6 is 0 Å². The van der Waals surface area contributed by atoms with Gasteiger partial charge in [-0.3, -0.25) is 14.2 Å². The highest BCUT2D eigenvalue weighted by molar-refractivity contribution is 5.94. The first kappa shape index (κ1) is 16.1. The van der Waals surface area contributed by atoms with Crippen LogP contribution in [0.5, 0.6) is 0 Å². The minimum Gasteiger partial charge on any atom is -0.338 e. The summed E-state index contributed by atoms with van der Waals surface area (Å²) in [5.74, 6) is 0.675. The number of aromatic nitrogens is 2. The van der Waals surface area contributed by atoms with E-state index in [1.54, 1.807) is 10.9 Å². The number of amides is 1. The Morgan fingerprint density at radius 2 is 1.88 bits per heavy atom. The van der Waals surface area contributed by atoms with Crippen LogP contribution in [0, 0.1) is 12.8 Å². The number of hydrogen-bond acceptors (Lipinski definition) is 3. The summed E-state index contributed by atoms with van der Waals surface area (Å²) in [6.45, 7) is 3.98. The lowest BCUT2D eigenvalue weighted by Gasteiger charge is -2.20. The first-order chi connectivity index (χ1) is 12.1. The summed E-state index contributed by atoms with van der Waals surface area (Å²) < 4.78 is 1.76. The number of aryl methyl sites for hydroxylation is 1. The van der Waals surface area contributed by atoms with Crippen LogP contribution in [0.2, 0.25) is 0 Å². The van der Waals surface area contributed by atoms with Crippen molar-refractivity contribution in [1.29, 1.82) is 0 Å². The van der Waals surface area contributed by atoms with Crippen LogP contribution in [0.15, 0.2) is 35.4 Å². The molecule has 0 atom stereocenters. The zero-order chi connectivity index (χ0) is 17.4. The molecule has 0 radical (unpaired) electrons. The minimum atomic E-state index is 0.0334. The third kappa shape index (κ3) is 3.36. The van der Waals surface area contributed by atoms with E-state index < -0.39 is 0 Å². The molecule has 2 aromatic rings. The molecule has 2 heterocycles. The van der Waals surface area contributed by atoms with Crippen molar-refractivity contribution in [2.24, 2.45) is 5.92 Å². The highest BCUT2D eigenvalue weighted by Crippen LogP contribution is 2.30. The fourth-order valence-corrected chi connectivity index (χ4v) is 3.42. The molecule has 1 aliphatic carbocycles. The first-order valence-corrected chi connectivity index (χ1v) is 9.05. The Bertz CT molecular complexity index is 850. The number of hydrogen-bond donors (Lipinski definition) is 0. The van der Waals surface area contributed by atoms with Crippen molar-refractivity contribution in [3.63, 3.8) is 0 Å². The number of rotatable bonds is 3. The van der Waals surface area contributed by atoms with Crippen molar-refractivity contribution in [2.45, 2.75) is 39.2 Å². The van der Waals surface area contributed by atoms with E-state index in [-0.39, 0.29) is 11.5 Å². The van der Waals surface area contributed by atoms with Crippen molar-refractivity contribution in [3.05, 3.63) is 63.3 Å². The van der Waals surface area contributed by atoms with Gasteiger partial charge in [0.25, 0.3) is 11.5 Å². The molecule has 5 heteroatoms. The first-order valence-electron chi connectivity index (χ1n) is 9.05. The summed E-state index contributed by atoms with van der Waals surface area (Å²) in [5, 5.41) is 0. The molecule has 1 aromatic heterocycles. The van der Waals surface area contributed by atoms with E-state index >= 15 is 0 Å². The second-order valence-corrected chi connectivity index (χ2v) is 7.23. The average molecular weight is 337 g/mol. The molecule has 0 spiro atoms. The van der Waals surface area contributed by atoms with E-state index in [1.807, 2.05) is 36.1 Å². The predicted molar refractivity (Wildman–Crippen MR) is 95.7 cm³/mol. The van der Waals surface area contributed by atoms with E-state index in [1.165, 1.54) is 12.8 Å². The van der Waals surface area contributed by atoms with Gasteiger partial charge in [0, 0.05) is 37.2 Å². The number of nitrogens with zero attached hydrogens (tertiary/aromatic N) is 3. The van der Waals surface area contributed by atoms with E-state index in [2.05, 4.69) is 4.98 Å². The van der Waals surface area contributed by atoms with Gasteiger partial charge in [0.2, 0.25) is 0 Å². The molecule has 1 saturated carbocycles. The lowest BCUT2D eigenvalue weighted by atomic mass is 10.1. The molecule has 0 unspecified atom stereocenters. The van der Waals surface area contributed by atoms with Gasteiger partial charge in [-0.2, -0.15) is 0 Å². The fourth-order valence-electron chi connectivity index (χ4n) is 3.42. The van der Waals surface area contributed by atoms with Gasteiger partial charge in [0.15, 0.2) is 0 Å². The smallest absolute Gasteiger partial charge is 0.256 e. The number of fused-ring (bicyclic) bond motifs is 1. The van der Waals surface area contributed by atoms with Gasteiger partial charge >= 0.3 is 0 Å². The van der Waals surface area contributed by atoms with E-state index in [0.717, 1.165) is 23.4 Å². The molecule has 1 aliphatic heterocycles. The van der Waals surface area contributed by atoms with Gasteiger partial charge in [-0.15, -0.1) is 0 Å². The maximum absolute atomic E-state index is 12.7. The zero-order valence-electron chi connectivity index (χ0n) is 14.6. The Morgan fingerprint density at radius 3 is 2.60 bits per heavy atom. The molecular weight excluding hydrogens is 314 g/mol. The van der Waals surface area contributed by atoms with E-state index in [4.69, 9.17) is 0 Å². The molecule has 0 saturated heterocycles. The molecule has 130 valence electrons. The van der Waals surface area contributed by atoms with Gasteiger partial charge < -0.3 is 4.90 Å². The standard InChI is InChI=1S/C20H23N3O2/c1-14-2-6-16(7-3-14)19(24)22-10-8-17-18(9-11-22)21-13-23(20(17)25)12-15-4-5-15/h2-3,6-7,13,15H,4-5,8-12H2,1H3. The van der Waals surface area contributed by atoms with Gasteiger partial charge in [0.1, 0.15) is 0 Å². The summed E-state index contributed by atoms with van der Waals surface area (Å²) in [7, 11) is 0. The van der Waals surface area contributed by atoms with Crippen LogP contribution in [0.1, 0.15) is 40.0 Å². The third-order valence-electron chi connectivity index (χ3n) is 5.21. The molecule has 1 amide bonds. The number of benzene rings is 1. The molecule has 2 aliphatic rings. The largest absolute Gasteiger partial charge is 0.338 e. The van der Waals surface area contributed by atoms with Crippen molar-refractivity contribution < 1.29 is 4.79 Å². The second kappa shape index (κ2) is 6.47. The van der Waals surface area contributed by atoms with Crippen LogP contribution in [0.3, 0.4) is 0 Å². The topological polar surface area (TPSA) is 55.2 Å². The second-order valence-electron chi connectivity index (χ2n) is 7.23. The molecule has 4 rings (SSSR count). The molecule has 0 N–H and O–H groups in total. The Morgan fingerprint density at radius 1 is 1.16 bits per heavy atom. The molecule has 5 nitrogen and oxygen atoms in total. The van der Waals surface area contributed by atoms with Crippen LogP contribution < -0.4 is 5.56 Å². The minimum absolute atomic E-state index is 0.0334. The van der Waals surface area contributed by atoms with E-state index in [0.29, 0.717) is 37.4 Å². The third-order valence-corrected chi connectivity index (χ3v) is 5.21. The Balaban J connectivity index is 1.53. The zero-order valence-corrected chi connectivity index (χ0v) is 14.6. The average Bonchev–Trinajstić information content (AvgIpc) is 3.44. The van der Waals surface area contributed by atoms with Crippen molar-refractivity contribution in [1.82, 2.24) is 14.5 Å².